The number of nitrogens with zero attached hydrogens (tertiary/aromatic N) is 5. The van der Waals surface area contributed by atoms with E-state index in [4.69, 9.17) is 5.73 Å². The number of rotatable bonds is 5. The topological polar surface area (TPSA) is 160 Å². The van der Waals surface area contributed by atoms with Crippen LogP contribution in [0.5, 0.6) is 5.88 Å². The van der Waals surface area contributed by atoms with Crippen molar-refractivity contribution in [3.8, 4) is 11.9 Å². The fraction of sp³-hybridized carbons (Fsp3) is 0.200. The lowest BCUT2D eigenvalue weighted by Crippen LogP contribution is -2.25. The normalized spacial score (nSPS) is 10.8. The molecule has 0 saturated heterocycles. The summed E-state index contributed by atoms with van der Waals surface area (Å²) in [5.41, 5.74) is 4.21. The first-order chi connectivity index (χ1) is 11.9. The predicted molar refractivity (Wildman–Crippen MR) is 88.1 cm³/mol. The van der Waals surface area contributed by atoms with Crippen molar-refractivity contribution in [2.24, 2.45) is 16.0 Å². The lowest BCUT2D eigenvalue weighted by Gasteiger charge is -2.11. The van der Waals surface area contributed by atoms with E-state index in [0.29, 0.717) is 0 Å². The lowest BCUT2D eigenvalue weighted by molar-refractivity contribution is -0.384. The van der Waals surface area contributed by atoms with E-state index >= 15 is 0 Å². The number of aromatic nitrogens is 1. The number of aromatic hydroxyl groups is 1. The maximum Gasteiger partial charge on any atom is 0.296 e. The van der Waals surface area contributed by atoms with Crippen LogP contribution in [0.15, 0.2) is 39.3 Å². The Bertz CT molecular complexity index is 958. The fourth-order valence-electron chi connectivity index (χ4n) is 2.20. The molecule has 0 bridgehead atoms. The van der Waals surface area contributed by atoms with Crippen molar-refractivity contribution in [1.82, 2.24) is 4.57 Å². The number of nitro benzene ring substituents is 1. The van der Waals surface area contributed by atoms with Crippen LogP contribution in [-0.4, -0.2) is 21.1 Å². The van der Waals surface area contributed by atoms with E-state index in [1.165, 1.54) is 25.1 Å². The minimum Gasteiger partial charge on any atom is -0.493 e. The summed E-state index contributed by atoms with van der Waals surface area (Å²) >= 11 is 0. The molecule has 0 amide bonds. The summed E-state index contributed by atoms with van der Waals surface area (Å²) in [5.74, 6) is -0.500. The van der Waals surface area contributed by atoms with Crippen molar-refractivity contribution in [2.45, 2.75) is 13.5 Å². The van der Waals surface area contributed by atoms with Crippen LogP contribution in [0.25, 0.3) is 0 Å². The van der Waals surface area contributed by atoms with Crippen LogP contribution in [0, 0.1) is 28.4 Å². The van der Waals surface area contributed by atoms with Crippen molar-refractivity contribution in [3.63, 3.8) is 0 Å². The van der Waals surface area contributed by atoms with Gasteiger partial charge in [-0.15, -0.1) is 10.2 Å². The summed E-state index contributed by atoms with van der Waals surface area (Å²) in [7, 11) is 0. The third kappa shape index (κ3) is 3.36. The largest absolute Gasteiger partial charge is 0.493 e. The average molecular weight is 342 g/mol. The number of hydrogen-bond acceptors (Lipinski definition) is 8. The van der Waals surface area contributed by atoms with Gasteiger partial charge in [0.15, 0.2) is 11.4 Å². The van der Waals surface area contributed by atoms with Crippen LogP contribution >= 0.6 is 0 Å². The molecule has 0 aliphatic rings. The Morgan fingerprint density at radius 3 is 2.68 bits per heavy atom. The van der Waals surface area contributed by atoms with E-state index in [0.717, 1.165) is 4.57 Å². The Labute approximate surface area is 141 Å². The van der Waals surface area contributed by atoms with E-state index in [2.05, 4.69) is 10.2 Å². The Hall–Kier alpha value is -3.58. The molecule has 0 atom stereocenters. The molecule has 25 heavy (non-hydrogen) atoms. The van der Waals surface area contributed by atoms with Crippen LogP contribution in [0.4, 0.5) is 17.1 Å². The van der Waals surface area contributed by atoms with Gasteiger partial charge in [-0.2, -0.15) is 5.26 Å². The zero-order chi connectivity index (χ0) is 18.6. The molecule has 0 aliphatic heterocycles. The van der Waals surface area contributed by atoms with Crippen LogP contribution in [0.2, 0.25) is 0 Å². The Kier molecular flexibility index (Phi) is 5.21. The maximum atomic E-state index is 12.5. The quantitative estimate of drug-likeness (QED) is 0.480. The van der Waals surface area contributed by atoms with Gasteiger partial charge in [0.05, 0.1) is 4.92 Å². The number of hydrogen-bond donors (Lipinski definition) is 2. The van der Waals surface area contributed by atoms with Gasteiger partial charge in [0.2, 0.25) is 5.88 Å². The minimum atomic E-state index is -0.693. The zero-order valence-corrected chi connectivity index (χ0v) is 13.2. The number of benzene rings is 1. The molecule has 2 aromatic rings. The van der Waals surface area contributed by atoms with E-state index in [1.54, 1.807) is 12.1 Å². The van der Waals surface area contributed by atoms with Crippen LogP contribution < -0.4 is 11.3 Å². The SMILES string of the molecule is Cc1c(C#N)c(O)n(CCN)c(=O)c1N=Nc1ccccc1[N+](=O)[O-]. The summed E-state index contributed by atoms with van der Waals surface area (Å²) in [5, 5.41) is 37.8. The van der Waals surface area contributed by atoms with Gasteiger partial charge in [0.25, 0.3) is 11.2 Å². The fourth-order valence-corrected chi connectivity index (χ4v) is 2.20. The number of nitrogens with two attached hydrogens (primary N) is 1. The van der Waals surface area contributed by atoms with Crippen molar-refractivity contribution < 1.29 is 10.0 Å². The molecular weight excluding hydrogens is 328 g/mol. The van der Waals surface area contributed by atoms with E-state index < -0.39 is 16.4 Å². The molecule has 0 saturated carbocycles. The van der Waals surface area contributed by atoms with Crippen molar-refractivity contribution in [2.75, 3.05) is 6.54 Å². The highest BCUT2D eigenvalue weighted by molar-refractivity contribution is 5.59. The van der Waals surface area contributed by atoms with E-state index in [9.17, 15) is 25.3 Å². The van der Waals surface area contributed by atoms with E-state index in [1.807, 2.05) is 0 Å². The first-order valence-corrected chi connectivity index (χ1v) is 7.14. The van der Waals surface area contributed by atoms with Crippen molar-refractivity contribution in [1.29, 1.82) is 5.26 Å². The third-order valence-corrected chi connectivity index (χ3v) is 3.46. The van der Waals surface area contributed by atoms with E-state index in [-0.39, 0.29) is 41.3 Å². The van der Waals surface area contributed by atoms with Crippen LogP contribution in [0.1, 0.15) is 11.1 Å². The molecule has 2 rings (SSSR count). The zero-order valence-electron chi connectivity index (χ0n) is 13.2. The Morgan fingerprint density at radius 2 is 2.08 bits per heavy atom. The summed E-state index contributed by atoms with van der Waals surface area (Å²) in [6.45, 7) is 1.47. The second kappa shape index (κ2) is 7.33. The van der Waals surface area contributed by atoms with Gasteiger partial charge >= 0.3 is 0 Å². The molecule has 1 aromatic carbocycles. The van der Waals surface area contributed by atoms with Gasteiger partial charge in [0.1, 0.15) is 11.6 Å². The van der Waals surface area contributed by atoms with Crippen LogP contribution in [-0.2, 0) is 6.54 Å². The standard InChI is InChI=1S/C15H14N6O4/c1-9-10(8-17)14(22)20(7-6-16)15(23)13(9)19-18-11-4-2-3-5-12(11)21(24)25/h2-5,22H,6-7,16H2,1H3. The highest BCUT2D eigenvalue weighted by atomic mass is 16.6. The molecule has 1 heterocycles. The lowest BCUT2D eigenvalue weighted by atomic mass is 10.1. The first-order valence-electron chi connectivity index (χ1n) is 7.14. The molecule has 0 unspecified atom stereocenters. The maximum absolute atomic E-state index is 12.5. The summed E-state index contributed by atoms with van der Waals surface area (Å²) in [6.07, 6.45) is 0. The molecule has 1 aromatic heterocycles. The summed E-state index contributed by atoms with van der Waals surface area (Å²) in [6, 6.07) is 7.45. The number of pyridine rings is 1. The third-order valence-electron chi connectivity index (χ3n) is 3.46. The van der Waals surface area contributed by atoms with Gasteiger partial charge in [-0.3, -0.25) is 19.5 Å². The van der Waals surface area contributed by atoms with Crippen molar-refractivity contribution >= 4 is 17.1 Å². The number of nitriles is 1. The molecule has 3 N–H and O–H groups in total. The van der Waals surface area contributed by atoms with Gasteiger partial charge < -0.3 is 10.8 Å². The molecule has 0 fully saturated rings. The monoisotopic (exact) mass is 342 g/mol. The summed E-state index contributed by atoms with van der Waals surface area (Å²) < 4.78 is 0.916. The van der Waals surface area contributed by atoms with Gasteiger partial charge in [-0.25, -0.2) is 0 Å². The second-order valence-corrected chi connectivity index (χ2v) is 4.98. The smallest absolute Gasteiger partial charge is 0.296 e. The van der Waals surface area contributed by atoms with Crippen molar-refractivity contribution in [3.05, 3.63) is 55.9 Å². The summed E-state index contributed by atoms with van der Waals surface area (Å²) in [4.78, 5) is 22.8. The molecule has 0 aliphatic carbocycles. The predicted octanol–water partition coefficient (Wildman–Crippen LogP) is 2.02. The molecule has 128 valence electrons. The molecular formula is C15H14N6O4. The van der Waals surface area contributed by atoms with Crippen LogP contribution in [0.3, 0.4) is 0 Å². The molecule has 0 radical (unpaired) electrons. The Morgan fingerprint density at radius 1 is 1.40 bits per heavy atom. The second-order valence-electron chi connectivity index (χ2n) is 4.98. The van der Waals surface area contributed by atoms with Gasteiger partial charge in [-0.05, 0) is 13.0 Å². The molecule has 0 spiro atoms. The van der Waals surface area contributed by atoms with Gasteiger partial charge in [0, 0.05) is 24.7 Å². The average Bonchev–Trinajstić information content (AvgIpc) is 2.59. The van der Waals surface area contributed by atoms with Gasteiger partial charge in [-0.1, -0.05) is 12.1 Å². The Balaban J connectivity index is 2.65. The number of para-hydroxylation sites is 1. The highest BCUT2D eigenvalue weighted by Crippen LogP contribution is 2.30. The number of nitro groups is 1. The highest BCUT2D eigenvalue weighted by Gasteiger charge is 2.19. The first kappa shape index (κ1) is 17.8. The molecule has 10 heteroatoms. The molecule has 10 nitrogen and oxygen atoms in total. The number of azo groups is 1. The minimum absolute atomic E-state index is 0.0202.